The summed E-state index contributed by atoms with van der Waals surface area (Å²) < 4.78 is 5.17. The Balaban J connectivity index is 2.35. The Kier molecular flexibility index (Phi) is 4.99. The smallest absolute Gasteiger partial charge is 0.118 e. The fourth-order valence-electron chi connectivity index (χ4n) is 2.79. The number of hydrogen-bond donors (Lipinski definition) is 2. The van der Waals surface area contributed by atoms with Gasteiger partial charge in [-0.15, -0.1) is 0 Å². The molecule has 2 aromatic carbocycles. The summed E-state index contributed by atoms with van der Waals surface area (Å²) in [6, 6.07) is 13.8. The monoisotopic (exact) mass is 285 g/mol. The molecule has 3 nitrogen and oxygen atoms in total. The molecular formula is C18H23NO2. The van der Waals surface area contributed by atoms with Crippen molar-refractivity contribution in [2.75, 3.05) is 13.7 Å². The number of hydrogen-bond acceptors (Lipinski definition) is 3. The maximum atomic E-state index is 10.8. The molecule has 3 N–H and O–H groups in total. The van der Waals surface area contributed by atoms with Gasteiger partial charge in [0.15, 0.2) is 0 Å². The van der Waals surface area contributed by atoms with Crippen LogP contribution in [-0.4, -0.2) is 18.8 Å². The van der Waals surface area contributed by atoms with Gasteiger partial charge in [0.2, 0.25) is 0 Å². The first kappa shape index (κ1) is 15.5. The van der Waals surface area contributed by atoms with Crippen molar-refractivity contribution in [1.82, 2.24) is 0 Å². The number of aryl methyl sites for hydroxylation is 2. The van der Waals surface area contributed by atoms with E-state index in [0.717, 1.165) is 28.0 Å². The molecule has 2 aromatic rings. The third kappa shape index (κ3) is 3.26. The van der Waals surface area contributed by atoms with Crippen molar-refractivity contribution in [2.45, 2.75) is 25.9 Å². The van der Waals surface area contributed by atoms with E-state index < -0.39 is 6.10 Å². The molecule has 0 bridgehead atoms. The van der Waals surface area contributed by atoms with E-state index in [0.29, 0.717) is 6.54 Å². The third-order valence-electron chi connectivity index (χ3n) is 4.02. The highest BCUT2D eigenvalue weighted by atomic mass is 16.5. The van der Waals surface area contributed by atoms with E-state index >= 15 is 0 Å². The fourth-order valence-corrected chi connectivity index (χ4v) is 2.79. The number of rotatable bonds is 5. The molecular weight excluding hydrogens is 262 g/mol. The topological polar surface area (TPSA) is 55.5 Å². The normalized spacial score (nSPS) is 13.8. The molecule has 0 heterocycles. The highest BCUT2D eigenvalue weighted by Gasteiger charge is 2.24. The van der Waals surface area contributed by atoms with E-state index in [9.17, 15) is 5.11 Å². The molecule has 0 aliphatic rings. The summed E-state index contributed by atoms with van der Waals surface area (Å²) in [5.74, 6) is 0.673. The van der Waals surface area contributed by atoms with Crippen molar-refractivity contribution in [2.24, 2.45) is 5.73 Å². The van der Waals surface area contributed by atoms with Crippen LogP contribution in [0.15, 0.2) is 42.5 Å². The summed E-state index contributed by atoms with van der Waals surface area (Å²) >= 11 is 0. The second-order valence-corrected chi connectivity index (χ2v) is 5.37. The van der Waals surface area contributed by atoms with E-state index in [1.54, 1.807) is 7.11 Å². The summed E-state index contributed by atoms with van der Waals surface area (Å²) in [6.45, 7) is 4.43. The van der Waals surface area contributed by atoms with E-state index in [2.05, 4.69) is 0 Å². The first-order valence-corrected chi connectivity index (χ1v) is 7.16. The summed E-state index contributed by atoms with van der Waals surface area (Å²) in [4.78, 5) is 0. The van der Waals surface area contributed by atoms with Gasteiger partial charge in [-0.05, 0) is 48.2 Å². The second-order valence-electron chi connectivity index (χ2n) is 5.37. The van der Waals surface area contributed by atoms with E-state index in [4.69, 9.17) is 10.5 Å². The van der Waals surface area contributed by atoms with Crippen LogP contribution in [0.25, 0.3) is 0 Å². The number of nitrogens with two attached hydrogens (primary N) is 1. The summed E-state index contributed by atoms with van der Waals surface area (Å²) in [7, 11) is 1.64. The fraction of sp³-hybridized carbons (Fsp3) is 0.333. The third-order valence-corrected chi connectivity index (χ3v) is 4.02. The van der Waals surface area contributed by atoms with E-state index in [-0.39, 0.29) is 5.92 Å². The highest BCUT2D eigenvalue weighted by molar-refractivity contribution is 5.39. The molecule has 2 atom stereocenters. The molecule has 0 aliphatic carbocycles. The van der Waals surface area contributed by atoms with Crippen LogP contribution in [0.5, 0.6) is 5.75 Å². The van der Waals surface area contributed by atoms with Crippen molar-refractivity contribution in [3.63, 3.8) is 0 Å². The van der Waals surface area contributed by atoms with Crippen LogP contribution in [0.3, 0.4) is 0 Å². The maximum Gasteiger partial charge on any atom is 0.118 e. The van der Waals surface area contributed by atoms with Gasteiger partial charge in [0.25, 0.3) is 0 Å². The molecule has 21 heavy (non-hydrogen) atoms. The molecule has 0 aliphatic heterocycles. The quantitative estimate of drug-likeness (QED) is 0.887. The number of aliphatic hydroxyl groups excluding tert-OH is 1. The minimum absolute atomic E-state index is 0.129. The highest BCUT2D eigenvalue weighted by Crippen LogP contribution is 2.34. The number of methoxy groups -OCH3 is 1. The molecule has 0 radical (unpaired) electrons. The van der Waals surface area contributed by atoms with Gasteiger partial charge in [0.1, 0.15) is 5.75 Å². The van der Waals surface area contributed by atoms with Gasteiger partial charge in [0, 0.05) is 12.5 Å². The summed E-state index contributed by atoms with van der Waals surface area (Å²) in [5.41, 5.74) is 10.1. The number of ether oxygens (including phenoxy) is 1. The molecule has 0 saturated carbocycles. The van der Waals surface area contributed by atoms with Gasteiger partial charge in [-0.3, -0.25) is 0 Å². The standard InChI is InChI=1S/C18H23NO2/c1-12-5-4-6-13(2)17(12)18(20)16(11-19)14-7-9-15(21-3)10-8-14/h4-10,16,18,20H,11,19H2,1-3H3. The Morgan fingerprint density at radius 1 is 1.05 bits per heavy atom. The average Bonchev–Trinajstić information content (AvgIpc) is 2.48. The minimum Gasteiger partial charge on any atom is -0.497 e. The van der Waals surface area contributed by atoms with Crippen LogP contribution in [0.1, 0.15) is 34.3 Å². The minimum atomic E-state index is -0.607. The SMILES string of the molecule is COc1ccc(C(CN)C(O)c2c(C)cccc2C)cc1. The van der Waals surface area contributed by atoms with Gasteiger partial charge in [0.05, 0.1) is 13.2 Å². The number of benzene rings is 2. The molecule has 0 amide bonds. The largest absolute Gasteiger partial charge is 0.497 e. The van der Waals surface area contributed by atoms with Crippen LogP contribution < -0.4 is 10.5 Å². The van der Waals surface area contributed by atoms with Crippen LogP contribution in [-0.2, 0) is 0 Å². The van der Waals surface area contributed by atoms with Crippen molar-refractivity contribution in [1.29, 1.82) is 0 Å². The molecule has 0 spiro atoms. The Morgan fingerprint density at radius 2 is 1.62 bits per heavy atom. The van der Waals surface area contributed by atoms with Gasteiger partial charge < -0.3 is 15.6 Å². The Labute approximate surface area is 126 Å². The van der Waals surface area contributed by atoms with Crippen LogP contribution >= 0.6 is 0 Å². The van der Waals surface area contributed by atoms with Crippen LogP contribution in [0.4, 0.5) is 0 Å². The summed E-state index contributed by atoms with van der Waals surface area (Å²) in [6.07, 6.45) is -0.607. The lowest BCUT2D eigenvalue weighted by molar-refractivity contribution is 0.146. The average molecular weight is 285 g/mol. The number of aliphatic hydroxyl groups is 1. The van der Waals surface area contributed by atoms with Gasteiger partial charge >= 0.3 is 0 Å². The van der Waals surface area contributed by atoms with E-state index in [1.807, 2.05) is 56.3 Å². The van der Waals surface area contributed by atoms with Crippen molar-refractivity contribution < 1.29 is 9.84 Å². The molecule has 0 fully saturated rings. The van der Waals surface area contributed by atoms with E-state index in [1.165, 1.54) is 0 Å². The molecule has 3 heteroatoms. The molecule has 0 aromatic heterocycles. The maximum absolute atomic E-state index is 10.8. The lowest BCUT2D eigenvalue weighted by Gasteiger charge is -2.25. The molecule has 2 unspecified atom stereocenters. The predicted molar refractivity (Wildman–Crippen MR) is 85.7 cm³/mol. The van der Waals surface area contributed by atoms with Gasteiger partial charge in [-0.1, -0.05) is 30.3 Å². The van der Waals surface area contributed by atoms with Gasteiger partial charge in [-0.2, -0.15) is 0 Å². The Morgan fingerprint density at radius 3 is 2.10 bits per heavy atom. The Hall–Kier alpha value is -1.84. The molecule has 2 rings (SSSR count). The van der Waals surface area contributed by atoms with Crippen LogP contribution in [0, 0.1) is 13.8 Å². The lowest BCUT2D eigenvalue weighted by Crippen LogP contribution is -2.21. The lowest BCUT2D eigenvalue weighted by atomic mass is 9.85. The first-order chi connectivity index (χ1) is 10.1. The first-order valence-electron chi connectivity index (χ1n) is 7.16. The second kappa shape index (κ2) is 6.74. The van der Waals surface area contributed by atoms with Crippen LogP contribution in [0.2, 0.25) is 0 Å². The van der Waals surface area contributed by atoms with Crippen molar-refractivity contribution in [3.8, 4) is 5.75 Å². The van der Waals surface area contributed by atoms with Gasteiger partial charge in [-0.25, -0.2) is 0 Å². The Bertz CT molecular complexity index is 572. The zero-order valence-corrected chi connectivity index (χ0v) is 12.8. The van der Waals surface area contributed by atoms with Crippen molar-refractivity contribution >= 4 is 0 Å². The zero-order chi connectivity index (χ0) is 15.4. The predicted octanol–water partition coefficient (Wildman–Crippen LogP) is 3.09. The van der Waals surface area contributed by atoms with Crippen molar-refractivity contribution in [3.05, 3.63) is 64.7 Å². The molecule has 112 valence electrons. The summed E-state index contributed by atoms with van der Waals surface area (Å²) in [5, 5.41) is 10.8. The zero-order valence-electron chi connectivity index (χ0n) is 12.8. The molecule has 0 saturated heterocycles.